The van der Waals surface area contributed by atoms with E-state index in [9.17, 15) is 9.59 Å². The fourth-order valence-electron chi connectivity index (χ4n) is 2.79. The van der Waals surface area contributed by atoms with Gasteiger partial charge in [-0.2, -0.15) is 0 Å². The molecule has 1 heterocycles. The van der Waals surface area contributed by atoms with Crippen LogP contribution in [0.4, 0.5) is 11.4 Å². The molecule has 2 aromatic carbocycles. The van der Waals surface area contributed by atoms with Gasteiger partial charge >= 0.3 is 0 Å². The summed E-state index contributed by atoms with van der Waals surface area (Å²) in [5.74, 6) is 0.455. The molecule has 3 aromatic rings. The number of nitrogens with one attached hydrogen (secondary N) is 3. The average molecular weight is 439 g/mol. The molecule has 2 amide bonds. The lowest BCUT2D eigenvalue weighted by Gasteiger charge is -2.13. The van der Waals surface area contributed by atoms with Crippen LogP contribution in [0, 0.1) is 6.92 Å². The first kappa shape index (κ1) is 21.8. The third kappa shape index (κ3) is 5.40. The first-order chi connectivity index (χ1) is 14.9. The van der Waals surface area contributed by atoms with Gasteiger partial charge in [0.05, 0.1) is 20.5 Å². The van der Waals surface area contributed by atoms with Crippen LogP contribution in [-0.4, -0.2) is 31.1 Å². The van der Waals surface area contributed by atoms with Crippen LogP contribution in [0.3, 0.4) is 0 Å². The van der Waals surface area contributed by atoms with Gasteiger partial charge in [0.15, 0.2) is 22.4 Å². The maximum Gasteiger partial charge on any atom is 0.291 e. The summed E-state index contributed by atoms with van der Waals surface area (Å²) in [6, 6.07) is 13.3. The zero-order valence-corrected chi connectivity index (χ0v) is 18.0. The second kappa shape index (κ2) is 9.77. The summed E-state index contributed by atoms with van der Waals surface area (Å²) in [4.78, 5) is 24.6. The van der Waals surface area contributed by atoms with Crippen molar-refractivity contribution in [1.29, 1.82) is 0 Å². The number of ether oxygens (including phenoxy) is 2. The molecule has 0 aliphatic carbocycles. The van der Waals surface area contributed by atoms with Gasteiger partial charge in [-0.05, 0) is 73.2 Å². The largest absolute Gasteiger partial charge is 0.493 e. The molecule has 31 heavy (non-hydrogen) atoms. The topological polar surface area (TPSA) is 102 Å². The molecule has 160 valence electrons. The van der Waals surface area contributed by atoms with E-state index in [1.165, 1.54) is 20.5 Å². The molecule has 0 aliphatic rings. The van der Waals surface area contributed by atoms with E-state index in [0.717, 1.165) is 5.56 Å². The van der Waals surface area contributed by atoms with Crippen molar-refractivity contribution < 1.29 is 23.5 Å². The number of carbonyl (C=O) groups excluding carboxylic acids is 2. The summed E-state index contributed by atoms with van der Waals surface area (Å²) in [5, 5.41) is 8.49. The third-order valence-corrected chi connectivity index (χ3v) is 4.55. The van der Waals surface area contributed by atoms with Crippen molar-refractivity contribution in [3.8, 4) is 11.5 Å². The van der Waals surface area contributed by atoms with Crippen LogP contribution in [0.2, 0.25) is 0 Å². The highest BCUT2D eigenvalue weighted by Gasteiger charge is 2.13. The van der Waals surface area contributed by atoms with Crippen LogP contribution in [-0.2, 0) is 0 Å². The van der Waals surface area contributed by atoms with Gasteiger partial charge in [-0.1, -0.05) is 0 Å². The molecule has 0 radical (unpaired) electrons. The molecular formula is C22H21N3O5S. The van der Waals surface area contributed by atoms with Gasteiger partial charge in [0.1, 0.15) is 0 Å². The van der Waals surface area contributed by atoms with Crippen molar-refractivity contribution in [3.05, 3.63) is 71.7 Å². The van der Waals surface area contributed by atoms with Crippen LogP contribution in [0.5, 0.6) is 11.5 Å². The second-order valence-electron chi connectivity index (χ2n) is 6.44. The Bertz CT molecular complexity index is 1110. The van der Waals surface area contributed by atoms with Crippen molar-refractivity contribution in [2.45, 2.75) is 6.92 Å². The Morgan fingerprint density at radius 3 is 2.35 bits per heavy atom. The predicted octanol–water partition coefficient (Wildman–Crippen LogP) is 3.98. The summed E-state index contributed by atoms with van der Waals surface area (Å²) in [6.45, 7) is 1.84. The number of aryl methyl sites for hydroxylation is 1. The molecule has 3 N–H and O–H groups in total. The van der Waals surface area contributed by atoms with Gasteiger partial charge in [0, 0.05) is 16.9 Å². The Kier molecular flexibility index (Phi) is 6.88. The maximum absolute atomic E-state index is 12.5. The number of carbonyl (C=O) groups is 2. The van der Waals surface area contributed by atoms with Crippen LogP contribution in [0.15, 0.2) is 59.2 Å². The summed E-state index contributed by atoms with van der Waals surface area (Å²) in [5.41, 5.74) is 2.46. The zero-order valence-electron chi connectivity index (χ0n) is 17.1. The van der Waals surface area contributed by atoms with Gasteiger partial charge in [0.25, 0.3) is 11.8 Å². The van der Waals surface area contributed by atoms with E-state index in [1.807, 2.05) is 6.92 Å². The first-order valence-corrected chi connectivity index (χ1v) is 9.62. The number of rotatable bonds is 6. The van der Waals surface area contributed by atoms with E-state index in [1.54, 1.807) is 48.5 Å². The predicted molar refractivity (Wildman–Crippen MR) is 121 cm³/mol. The van der Waals surface area contributed by atoms with Gasteiger partial charge in [-0.15, -0.1) is 0 Å². The number of methoxy groups -OCH3 is 2. The quantitative estimate of drug-likeness (QED) is 0.499. The molecule has 0 atom stereocenters. The summed E-state index contributed by atoms with van der Waals surface area (Å²) < 4.78 is 15.5. The summed E-state index contributed by atoms with van der Waals surface area (Å²) in [6.07, 6.45) is 1.44. The van der Waals surface area contributed by atoms with E-state index < -0.39 is 5.91 Å². The SMILES string of the molecule is COc1ccc(C(=O)NC(=S)Nc2ccc(NC(=O)c3ccco3)c(C)c2)cc1OC. The molecule has 9 heteroatoms. The van der Waals surface area contributed by atoms with Crippen molar-refractivity contribution in [1.82, 2.24) is 5.32 Å². The zero-order chi connectivity index (χ0) is 22.4. The Hall–Kier alpha value is -3.85. The van der Waals surface area contributed by atoms with Gasteiger partial charge in [-0.25, -0.2) is 0 Å². The Labute approximate surface area is 184 Å². The van der Waals surface area contributed by atoms with Crippen LogP contribution in [0.1, 0.15) is 26.5 Å². The average Bonchev–Trinajstić information content (AvgIpc) is 3.30. The van der Waals surface area contributed by atoms with Crippen LogP contribution >= 0.6 is 12.2 Å². The molecule has 8 nitrogen and oxygen atoms in total. The molecule has 0 fully saturated rings. The molecule has 0 unspecified atom stereocenters. The van der Waals surface area contributed by atoms with Gasteiger partial charge < -0.3 is 24.5 Å². The Balaban J connectivity index is 1.62. The van der Waals surface area contributed by atoms with Crippen molar-refractivity contribution in [2.24, 2.45) is 0 Å². The second-order valence-corrected chi connectivity index (χ2v) is 6.85. The van der Waals surface area contributed by atoms with E-state index in [4.69, 9.17) is 26.1 Å². The first-order valence-electron chi connectivity index (χ1n) is 9.21. The van der Waals surface area contributed by atoms with Crippen molar-refractivity contribution in [2.75, 3.05) is 24.9 Å². The Morgan fingerprint density at radius 1 is 0.935 bits per heavy atom. The van der Waals surface area contributed by atoms with Gasteiger partial charge in [-0.3, -0.25) is 14.9 Å². The summed E-state index contributed by atoms with van der Waals surface area (Å²) >= 11 is 5.24. The van der Waals surface area contributed by atoms with E-state index in [-0.39, 0.29) is 16.8 Å². The summed E-state index contributed by atoms with van der Waals surface area (Å²) in [7, 11) is 3.01. The fourth-order valence-corrected chi connectivity index (χ4v) is 3.00. The number of amides is 2. The Morgan fingerprint density at radius 2 is 1.71 bits per heavy atom. The van der Waals surface area contributed by atoms with Crippen LogP contribution in [0.25, 0.3) is 0 Å². The minimum atomic E-state index is -0.391. The molecule has 0 bridgehead atoms. The molecule has 1 aromatic heterocycles. The highest BCUT2D eigenvalue weighted by molar-refractivity contribution is 7.80. The number of anilines is 2. The standard InChI is InChI=1S/C22H21N3O5S/c1-13-11-15(7-8-16(13)24-21(27)18-5-4-10-30-18)23-22(31)25-20(26)14-6-9-17(28-2)19(12-14)29-3/h4-12H,1-3H3,(H,24,27)(H2,23,25,26,31). The van der Waals surface area contributed by atoms with Crippen molar-refractivity contribution in [3.63, 3.8) is 0 Å². The number of furan rings is 1. The van der Waals surface area contributed by atoms with Crippen molar-refractivity contribution >= 4 is 40.5 Å². The molecular weight excluding hydrogens is 418 g/mol. The lowest BCUT2D eigenvalue weighted by atomic mass is 10.1. The fraction of sp³-hybridized carbons (Fsp3) is 0.136. The van der Waals surface area contributed by atoms with E-state index in [2.05, 4.69) is 16.0 Å². The molecule has 0 saturated carbocycles. The smallest absolute Gasteiger partial charge is 0.291 e. The van der Waals surface area contributed by atoms with Gasteiger partial charge in [0.2, 0.25) is 0 Å². The monoisotopic (exact) mass is 439 g/mol. The molecule has 0 saturated heterocycles. The lowest BCUT2D eigenvalue weighted by molar-refractivity contribution is 0.0974. The van der Waals surface area contributed by atoms with E-state index >= 15 is 0 Å². The normalized spacial score (nSPS) is 10.2. The number of benzene rings is 2. The van der Waals surface area contributed by atoms with E-state index in [0.29, 0.717) is 28.4 Å². The number of thiocarbonyl (C=S) groups is 1. The highest BCUT2D eigenvalue weighted by Crippen LogP contribution is 2.27. The maximum atomic E-state index is 12.5. The molecule has 3 rings (SSSR count). The highest BCUT2D eigenvalue weighted by atomic mass is 32.1. The molecule has 0 spiro atoms. The molecule has 0 aliphatic heterocycles. The number of hydrogen-bond acceptors (Lipinski definition) is 6. The minimum Gasteiger partial charge on any atom is -0.493 e. The number of hydrogen-bond donors (Lipinski definition) is 3. The third-order valence-electron chi connectivity index (χ3n) is 4.35. The lowest BCUT2D eigenvalue weighted by Crippen LogP contribution is -2.34. The van der Waals surface area contributed by atoms with Crippen LogP contribution < -0.4 is 25.4 Å². The minimum absolute atomic E-state index is 0.131.